The van der Waals surface area contributed by atoms with Crippen molar-refractivity contribution in [3.63, 3.8) is 0 Å². The fourth-order valence-corrected chi connectivity index (χ4v) is 5.25. The molecule has 2 saturated heterocycles. The summed E-state index contributed by atoms with van der Waals surface area (Å²) in [5.41, 5.74) is 0.579. The Morgan fingerprint density at radius 1 is 1.15 bits per heavy atom. The Bertz CT molecular complexity index is 791. The van der Waals surface area contributed by atoms with E-state index in [1.807, 2.05) is 4.90 Å². The second-order valence-electron chi connectivity index (χ2n) is 6.73. The lowest BCUT2D eigenvalue weighted by Crippen LogP contribution is -2.51. The van der Waals surface area contributed by atoms with E-state index in [-0.39, 0.29) is 29.9 Å². The first-order valence-corrected chi connectivity index (χ1v) is 10.8. The number of benzene rings is 1. The molecule has 2 fully saturated rings. The van der Waals surface area contributed by atoms with Crippen molar-refractivity contribution in [3.05, 3.63) is 29.3 Å². The third-order valence-corrected chi connectivity index (χ3v) is 6.88. The van der Waals surface area contributed by atoms with Crippen molar-refractivity contribution in [2.24, 2.45) is 5.92 Å². The van der Waals surface area contributed by atoms with Crippen molar-refractivity contribution in [2.75, 3.05) is 49.5 Å². The number of hydrogen-bond acceptors (Lipinski definition) is 5. The number of para-hydroxylation sites is 1. The van der Waals surface area contributed by atoms with Crippen LogP contribution in [0.15, 0.2) is 24.3 Å². The van der Waals surface area contributed by atoms with Gasteiger partial charge in [0.1, 0.15) is 0 Å². The van der Waals surface area contributed by atoms with Gasteiger partial charge in [-0.05, 0) is 18.6 Å². The van der Waals surface area contributed by atoms with Crippen molar-refractivity contribution in [3.8, 4) is 0 Å². The van der Waals surface area contributed by atoms with Gasteiger partial charge in [0.05, 0.1) is 34.7 Å². The van der Waals surface area contributed by atoms with Crippen LogP contribution in [0.3, 0.4) is 0 Å². The molecule has 0 aromatic heterocycles. The molecule has 1 aromatic rings. The number of carbonyl (C=O) groups is 2. The molecule has 1 atom stereocenters. The molecule has 0 spiro atoms. The maximum atomic E-state index is 12.4. The zero-order chi connectivity index (χ0) is 18.7. The molecule has 0 aliphatic carbocycles. The van der Waals surface area contributed by atoms with Gasteiger partial charge in [-0.15, -0.1) is 0 Å². The first kappa shape index (κ1) is 19.1. The molecular weight excluding hydrogens is 378 g/mol. The molecule has 2 aliphatic heterocycles. The van der Waals surface area contributed by atoms with Gasteiger partial charge in [-0.3, -0.25) is 14.5 Å². The fourth-order valence-electron chi connectivity index (χ4n) is 3.33. The lowest BCUT2D eigenvalue weighted by Gasteiger charge is -2.35. The lowest BCUT2D eigenvalue weighted by molar-refractivity contribution is -0.136. The number of rotatable bonds is 4. The summed E-state index contributed by atoms with van der Waals surface area (Å²) < 4.78 is 23.1. The van der Waals surface area contributed by atoms with E-state index >= 15 is 0 Å². The molecule has 142 valence electrons. The van der Waals surface area contributed by atoms with Crippen molar-refractivity contribution in [1.82, 2.24) is 9.80 Å². The van der Waals surface area contributed by atoms with E-state index in [1.165, 1.54) is 0 Å². The van der Waals surface area contributed by atoms with Gasteiger partial charge < -0.3 is 10.2 Å². The van der Waals surface area contributed by atoms with E-state index in [0.717, 1.165) is 0 Å². The summed E-state index contributed by atoms with van der Waals surface area (Å²) in [6.07, 6.45) is 0.418. The van der Waals surface area contributed by atoms with Gasteiger partial charge in [0, 0.05) is 26.2 Å². The normalized spacial score (nSPS) is 23.0. The first-order chi connectivity index (χ1) is 12.3. The molecule has 26 heavy (non-hydrogen) atoms. The highest BCUT2D eigenvalue weighted by molar-refractivity contribution is 7.91. The molecule has 9 heteroatoms. The molecule has 7 nitrogen and oxygen atoms in total. The molecule has 1 N–H and O–H groups in total. The summed E-state index contributed by atoms with van der Waals surface area (Å²) >= 11 is 6.03. The highest BCUT2D eigenvalue weighted by Crippen LogP contribution is 2.22. The van der Waals surface area contributed by atoms with Crippen LogP contribution in [0.5, 0.6) is 0 Å². The van der Waals surface area contributed by atoms with Gasteiger partial charge in [-0.2, -0.15) is 0 Å². The lowest BCUT2D eigenvalue weighted by atomic mass is 10.1. The molecule has 0 radical (unpaired) electrons. The van der Waals surface area contributed by atoms with E-state index in [2.05, 4.69) is 5.32 Å². The highest BCUT2D eigenvalue weighted by atomic mass is 35.5. The Balaban J connectivity index is 1.46. The molecule has 0 saturated carbocycles. The molecule has 0 bridgehead atoms. The number of nitrogens with one attached hydrogen (secondary N) is 1. The zero-order valence-electron chi connectivity index (χ0n) is 14.4. The summed E-state index contributed by atoms with van der Waals surface area (Å²) in [4.78, 5) is 28.3. The Labute approximate surface area is 158 Å². The van der Waals surface area contributed by atoms with Gasteiger partial charge in [0.2, 0.25) is 11.8 Å². The van der Waals surface area contributed by atoms with Gasteiger partial charge in [0.25, 0.3) is 0 Å². The predicted octanol–water partition coefficient (Wildman–Crippen LogP) is 0.857. The van der Waals surface area contributed by atoms with Crippen molar-refractivity contribution in [1.29, 1.82) is 0 Å². The minimum atomic E-state index is -3.06. The number of amides is 2. The molecule has 2 aliphatic rings. The summed E-state index contributed by atoms with van der Waals surface area (Å²) in [6, 6.07) is 7.05. The summed E-state index contributed by atoms with van der Waals surface area (Å²) in [7, 11) is -3.06. The van der Waals surface area contributed by atoms with E-state index in [9.17, 15) is 18.0 Å². The molecule has 2 amide bonds. The van der Waals surface area contributed by atoms with Crippen molar-refractivity contribution < 1.29 is 18.0 Å². The molecule has 0 unspecified atom stereocenters. The number of sulfone groups is 1. The fraction of sp³-hybridized carbons (Fsp3) is 0.529. The van der Waals surface area contributed by atoms with Gasteiger partial charge in [-0.1, -0.05) is 23.7 Å². The summed E-state index contributed by atoms with van der Waals surface area (Å²) in [5.74, 6) is -0.571. The summed E-state index contributed by atoms with van der Waals surface area (Å²) in [6.45, 7) is 2.41. The highest BCUT2D eigenvalue weighted by Gasteiger charge is 2.36. The largest absolute Gasteiger partial charge is 0.340 e. The molecule has 3 rings (SSSR count). The average molecular weight is 400 g/mol. The number of halogens is 1. The van der Waals surface area contributed by atoms with E-state index in [0.29, 0.717) is 43.3 Å². The Morgan fingerprint density at radius 3 is 2.46 bits per heavy atom. The quantitative estimate of drug-likeness (QED) is 0.811. The monoisotopic (exact) mass is 399 g/mol. The SMILES string of the molecule is O=C(CN1CCN(C(=O)[C@H]2CCS(=O)(=O)C2)CC1)Nc1ccccc1Cl. The number of nitrogens with zero attached hydrogens (tertiary/aromatic N) is 2. The van der Waals surface area contributed by atoms with E-state index in [4.69, 9.17) is 11.6 Å². The van der Waals surface area contributed by atoms with Gasteiger partial charge >= 0.3 is 0 Å². The van der Waals surface area contributed by atoms with Crippen molar-refractivity contribution >= 4 is 38.9 Å². The van der Waals surface area contributed by atoms with Crippen LogP contribution in [-0.4, -0.2) is 74.3 Å². The molecular formula is C17H22ClN3O4S. The Hall–Kier alpha value is -1.64. The van der Waals surface area contributed by atoms with E-state index in [1.54, 1.807) is 29.2 Å². The minimum Gasteiger partial charge on any atom is -0.340 e. The van der Waals surface area contributed by atoms with Crippen LogP contribution in [0.4, 0.5) is 5.69 Å². The third kappa shape index (κ3) is 4.75. The van der Waals surface area contributed by atoms with Crippen molar-refractivity contribution in [2.45, 2.75) is 6.42 Å². The van der Waals surface area contributed by atoms with Crippen LogP contribution in [0.2, 0.25) is 5.02 Å². The van der Waals surface area contributed by atoms with E-state index < -0.39 is 15.8 Å². The van der Waals surface area contributed by atoms with Crippen LogP contribution in [0, 0.1) is 5.92 Å². The van der Waals surface area contributed by atoms with Crippen LogP contribution in [0.1, 0.15) is 6.42 Å². The van der Waals surface area contributed by atoms with Gasteiger partial charge in [-0.25, -0.2) is 8.42 Å². The first-order valence-electron chi connectivity index (χ1n) is 8.60. The van der Waals surface area contributed by atoms with Crippen LogP contribution >= 0.6 is 11.6 Å². The van der Waals surface area contributed by atoms with Crippen LogP contribution in [-0.2, 0) is 19.4 Å². The van der Waals surface area contributed by atoms with Crippen LogP contribution in [0.25, 0.3) is 0 Å². The number of hydrogen-bond donors (Lipinski definition) is 1. The second kappa shape index (κ2) is 7.94. The van der Waals surface area contributed by atoms with Crippen LogP contribution < -0.4 is 5.32 Å². The Morgan fingerprint density at radius 2 is 1.85 bits per heavy atom. The minimum absolute atomic E-state index is 0.0354. The number of carbonyl (C=O) groups excluding carboxylic acids is 2. The number of anilines is 1. The molecule has 2 heterocycles. The maximum Gasteiger partial charge on any atom is 0.238 e. The predicted molar refractivity (Wildman–Crippen MR) is 99.9 cm³/mol. The smallest absolute Gasteiger partial charge is 0.238 e. The standard InChI is InChI=1S/C17H22ClN3O4S/c18-14-3-1-2-4-15(14)19-16(22)11-20-6-8-21(9-7-20)17(23)13-5-10-26(24,25)12-13/h1-4,13H,5-12H2,(H,19,22)/t13-/m0/s1. The maximum absolute atomic E-state index is 12.4. The average Bonchev–Trinajstić information content (AvgIpc) is 2.97. The third-order valence-electron chi connectivity index (χ3n) is 4.78. The molecule has 1 aromatic carbocycles. The summed E-state index contributed by atoms with van der Waals surface area (Å²) in [5, 5.41) is 3.27. The zero-order valence-corrected chi connectivity index (χ0v) is 15.9. The second-order valence-corrected chi connectivity index (χ2v) is 9.37. The van der Waals surface area contributed by atoms with Gasteiger partial charge in [0.15, 0.2) is 9.84 Å². The number of piperazine rings is 1. The Kier molecular flexibility index (Phi) is 5.84. The topological polar surface area (TPSA) is 86.8 Å².